The number of aromatic nitrogens is 2. The average molecular weight is 480 g/mol. The van der Waals surface area contributed by atoms with Crippen molar-refractivity contribution in [1.82, 2.24) is 9.13 Å². The lowest BCUT2D eigenvalue weighted by Gasteiger charge is -2.15. The number of carbonyl (C=O) groups excluding carboxylic acids is 2. The number of nitrogens with zero attached hydrogens (tertiary/aromatic N) is 3. The van der Waals surface area contributed by atoms with Gasteiger partial charge in [0.15, 0.2) is 6.61 Å². The molecule has 10 nitrogen and oxygen atoms in total. The molecule has 0 saturated carbocycles. The van der Waals surface area contributed by atoms with Crippen molar-refractivity contribution >= 4 is 23.3 Å². The minimum atomic E-state index is -1.13. The summed E-state index contributed by atoms with van der Waals surface area (Å²) >= 11 is 0. The van der Waals surface area contributed by atoms with Crippen LogP contribution in [0.3, 0.4) is 0 Å². The van der Waals surface area contributed by atoms with Gasteiger partial charge in [-0.2, -0.15) is 0 Å². The van der Waals surface area contributed by atoms with Gasteiger partial charge >= 0.3 is 11.7 Å². The number of oxime groups is 1. The van der Waals surface area contributed by atoms with E-state index in [4.69, 9.17) is 15.3 Å². The predicted octanol–water partition coefficient (Wildman–Crippen LogP) is 1.24. The third-order valence-electron chi connectivity index (χ3n) is 5.48. The SMILES string of the molecule is Cn1c(=O)c(C(=O)COC(=O)C2CC(c3cccc(F)c3)=NO2)c(N)n(Cc2ccccc2)c1=O. The van der Waals surface area contributed by atoms with E-state index in [1.54, 1.807) is 36.4 Å². The largest absolute Gasteiger partial charge is 0.454 e. The van der Waals surface area contributed by atoms with E-state index in [0.29, 0.717) is 11.3 Å². The minimum Gasteiger partial charge on any atom is -0.454 e. The first kappa shape index (κ1) is 23.6. The van der Waals surface area contributed by atoms with Gasteiger partial charge in [0.1, 0.15) is 17.2 Å². The fourth-order valence-electron chi connectivity index (χ4n) is 3.61. The van der Waals surface area contributed by atoms with Gasteiger partial charge in [-0.3, -0.25) is 18.7 Å². The van der Waals surface area contributed by atoms with Gasteiger partial charge in [0, 0.05) is 19.0 Å². The third-order valence-corrected chi connectivity index (χ3v) is 5.48. The molecule has 0 radical (unpaired) electrons. The molecule has 1 aliphatic rings. The van der Waals surface area contributed by atoms with Crippen LogP contribution < -0.4 is 17.0 Å². The lowest BCUT2D eigenvalue weighted by Crippen LogP contribution is -2.43. The maximum atomic E-state index is 13.4. The number of ketones is 1. The summed E-state index contributed by atoms with van der Waals surface area (Å²) in [5.41, 5.74) is 5.53. The number of rotatable bonds is 7. The molecule has 0 bridgehead atoms. The van der Waals surface area contributed by atoms with Crippen LogP contribution in [0.2, 0.25) is 0 Å². The second-order valence-corrected chi connectivity index (χ2v) is 7.86. The second-order valence-electron chi connectivity index (χ2n) is 7.86. The fourth-order valence-corrected chi connectivity index (χ4v) is 3.61. The molecule has 0 amide bonds. The van der Waals surface area contributed by atoms with Crippen LogP contribution >= 0.6 is 0 Å². The number of ether oxygens (including phenoxy) is 1. The summed E-state index contributed by atoms with van der Waals surface area (Å²) in [5.74, 6) is -2.55. The Morgan fingerprint density at radius 2 is 1.91 bits per heavy atom. The highest BCUT2D eigenvalue weighted by molar-refractivity contribution is 6.04. The molecule has 11 heteroatoms. The molecule has 1 aromatic heterocycles. The molecule has 180 valence electrons. The van der Waals surface area contributed by atoms with Crippen LogP contribution in [-0.2, 0) is 28.0 Å². The van der Waals surface area contributed by atoms with Crippen molar-refractivity contribution in [2.75, 3.05) is 12.3 Å². The van der Waals surface area contributed by atoms with Crippen molar-refractivity contribution in [3.8, 4) is 0 Å². The van der Waals surface area contributed by atoms with Gasteiger partial charge in [0.2, 0.25) is 11.9 Å². The number of esters is 1. The van der Waals surface area contributed by atoms with Crippen LogP contribution in [0.25, 0.3) is 0 Å². The predicted molar refractivity (Wildman–Crippen MR) is 124 cm³/mol. The smallest absolute Gasteiger partial charge is 0.351 e. The highest BCUT2D eigenvalue weighted by Gasteiger charge is 2.31. The summed E-state index contributed by atoms with van der Waals surface area (Å²) in [6.45, 7) is -0.757. The number of nitrogen functional groups attached to an aromatic ring is 1. The number of halogens is 1. The standard InChI is InChI=1S/C24H21FN4O6/c1-28-22(31)20(21(26)29(24(28)33)12-14-6-3-2-4-7-14)18(30)13-34-23(32)19-11-17(27-35-19)15-8-5-9-16(25)10-15/h2-10,19H,11-13,26H2,1H3. The van der Waals surface area contributed by atoms with E-state index >= 15 is 0 Å². The Kier molecular flexibility index (Phi) is 6.58. The molecule has 3 aromatic rings. The number of hydrogen-bond donors (Lipinski definition) is 1. The van der Waals surface area contributed by atoms with Crippen molar-refractivity contribution < 1.29 is 23.6 Å². The van der Waals surface area contributed by atoms with Crippen molar-refractivity contribution in [2.24, 2.45) is 12.2 Å². The Morgan fingerprint density at radius 1 is 1.17 bits per heavy atom. The van der Waals surface area contributed by atoms with Crippen LogP contribution in [0.15, 0.2) is 69.3 Å². The molecule has 1 unspecified atom stereocenters. The molecule has 0 spiro atoms. The summed E-state index contributed by atoms with van der Waals surface area (Å²) in [7, 11) is 1.23. The summed E-state index contributed by atoms with van der Waals surface area (Å²) in [5, 5.41) is 3.79. The number of anilines is 1. The summed E-state index contributed by atoms with van der Waals surface area (Å²) in [4.78, 5) is 55.5. The highest BCUT2D eigenvalue weighted by Crippen LogP contribution is 2.19. The normalized spacial score (nSPS) is 14.8. The second kappa shape index (κ2) is 9.75. The Labute approximate surface area is 198 Å². The first-order valence-corrected chi connectivity index (χ1v) is 10.6. The van der Waals surface area contributed by atoms with Gasteiger partial charge in [-0.25, -0.2) is 14.0 Å². The number of nitrogens with two attached hydrogens (primary N) is 1. The van der Waals surface area contributed by atoms with Crippen LogP contribution in [0, 0.1) is 5.82 Å². The maximum Gasteiger partial charge on any atom is 0.351 e. The topological polar surface area (TPSA) is 135 Å². The van der Waals surface area contributed by atoms with E-state index in [0.717, 1.165) is 14.7 Å². The molecule has 2 aromatic carbocycles. The molecule has 2 heterocycles. The lowest BCUT2D eigenvalue weighted by atomic mass is 10.1. The van der Waals surface area contributed by atoms with E-state index in [-0.39, 0.29) is 18.8 Å². The van der Waals surface area contributed by atoms with Crippen molar-refractivity contribution in [1.29, 1.82) is 0 Å². The fraction of sp³-hybridized carbons (Fsp3) is 0.208. The molecule has 1 aliphatic heterocycles. The van der Waals surface area contributed by atoms with E-state index in [1.807, 2.05) is 0 Å². The Morgan fingerprint density at radius 3 is 2.63 bits per heavy atom. The Bertz CT molecular complexity index is 1440. The molecule has 35 heavy (non-hydrogen) atoms. The van der Waals surface area contributed by atoms with E-state index < -0.39 is 47.1 Å². The van der Waals surface area contributed by atoms with Gasteiger partial charge in [0.25, 0.3) is 5.56 Å². The minimum absolute atomic E-state index is 0.0162. The van der Waals surface area contributed by atoms with Crippen LogP contribution in [0.5, 0.6) is 0 Å². The Balaban J connectivity index is 1.47. The van der Waals surface area contributed by atoms with Gasteiger partial charge in [0.05, 0.1) is 12.3 Å². The maximum absolute atomic E-state index is 13.4. The molecule has 0 saturated heterocycles. The van der Waals surface area contributed by atoms with Crippen molar-refractivity contribution in [3.63, 3.8) is 0 Å². The zero-order valence-electron chi connectivity index (χ0n) is 18.6. The van der Waals surface area contributed by atoms with Crippen LogP contribution in [0.1, 0.15) is 27.9 Å². The zero-order chi connectivity index (χ0) is 25.1. The van der Waals surface area contributed by atoms with E-state index in [2.05, 4.69) is 5.16 Å². The van der Waals surface area contributed by atoms with Crippen molar-refractivity contribution in [3.05, 3.63) is 97.9 Å². The van der Waals surface area contributed by atoms with E-state index in [9.17, 15) is 23.6 Å². The molecule has 0 fully saturated rings. The van der Waals surface area contributed by atoms with E-state index in [1.165, 1.54) is 25.2 Å². The number of carbonyl (C=O) groups is 2. The summed E-state index contributed by atoms with van der Waals surface area (Å²) < 4.78 is 20.3. The Hall–Kier alpha value is -4.54. The lowest BCUT2D eigenvalue weighted by molar-refractivity contribution is -0.154. The molecule has 0 aliphatic carbocycles. The van der Waals surface area contributed by atoms with Crippen LogP contribution in [-0.4, -0.2) is 39.3 Å². The molecule has 4 rings (SSSR count). The first-order valence-electron chi connectivity index (χ1n) is 10.6. The number of hydrogen-bond acceptors (Lipinski definition) is 8. The number of benzene rings is 2. The van der Waals surface area contributed by atoms with Crippen LogP contribution in [0.4, 0.5) is 10.2 Å². The monoisotopic (exact) mass is 480 g/mol. The first-order chi connectivity index (χ1) is 16.8. The van der Waals surface area contributed by atoms with Gasteiger partial charge in [-0.05, 0) is 17.7 Å². The van der Waals surface area contributed by atoms with Gasteiger partial charge in [-0.1, -0.05) is 47.6 Å². The molecular formula is C24H21FN4O6. The number of Topliss-reactive ketones (excluding diaryl/α,β-unsaturated/α-hetero) is 1. The highest BCUT2D eigenvalue weighted by atomic mass is 19.1. The average Bonchev–Trinajstić information content (AvgIpc) is 3.35. The molecule has 1 atom stereocenters. The zero-order valence-corrected chi connectivity index (χ0v) is 18.6. The molecule has 2 N–H and O–H groups in total. The van der Waals surface area contributed by atoms with Crippen molar-refractivity contribution in [2.45, 2.75) is 19.1 Å². The quantitative estimate of drug-likeness (QED) is 0.397. The molecular weight excluding hydrogens is 459 g/mol. The van der Waals surface area contributed by atoms with Gasteiger partial charge in [-0.15, -0.1) is 0 Å². The van der Waals surface area contributed by atoms with Gasteiger partial charge < -0.3 is 15.3 Å². The third kappa shape index (κ3) is 4.88. The summed E-state index contributed by atoms with van der Waals surface area (Å²) in [6, 6.07) is 14.5. The summed E-state index contributed by atoms with van der Waals surface area (Å²) in [6.07, 6.45) is -1.12.